The second-order valence-corrected chi connectivity index (χ2v) is 3.97. The molecule has 0 saturated carbocycles. The number of para-hydroxylation sites is 1. The Bertz CT molecular complexity index is 640. The molecule has 0 aliphatic rings. The first-order valence-corrected chi connectivity index (χ1v) is 5.52. The molecule has 3 rings (SSSR count). The molecule has 2 aromatic carbocycles. The van der Waals surface area contributed by atoms with Gasteiger partial charge in [0.2, 0.25) is 5.78 Å². The average molecular weight is 258 g/mol. The van der Waals surface area contributed by atoms with Crippen molar-refractivity contribution in [1.82, 2.24) is 4.98 Å². The lowest BCUT2D eigenvalue weighted by Crippen LogP contribution is -2.00. The number of rotatable bonds is 2. The maximum absolute atomic E-state index is 12.2. The molecular weight excluding hydrogens is 246 g/mol. The van der Waals surface area contributed by atoms with Crippen LogP contribution in [-0.2, 0) is 0 Å². The summed E-state index contributed by atoms with van der Waals surface area (Å²) in [7, 11) is 0. The van der Waals surface area contributed by atoms with Gasteiger partial charge in [0.15, 0.2) is 0 Å². The molecule has 90 valence electrons. The third-order valence-corrected chi connectivity index (χ3v) is 2.81. The lowest BCUT2D eigenvalue weighted by molar-refractivity contribution is 0.103. The number of nitrogens with one attached hydrogen (secondary N) is 1. The Labute approximate surface area is 111 Å². The van der Waals surface area contributed by atoms with E-state index in [1.165, 1.54) is 0 Å². The minimum atomic E-state index is 0. The SMILES string of the molecule is Cl.O=C(c1ccccc1)c1cc2ccccc2[nH]1. The number of hydrogen-bond donors (Lipinski definition) is 1. The van der Waals surface area contributed by atoms with Crippen molar-refractivity contribution in [2.24, 2.45) is 0 Å². The van der Waals surface area contributed by atoms with Crippen LogP contribution in [0.3, 0.4) is 0 Å². The van der Waals surface area contributed by atoms with Crippen molar-refractivity contribution in [2.45, 2.75) is 0 Å². The van der Waals surface area contributed by atoms with Gasteiger partial charge in [0.05, 0.1) is 5.69 Å². The molecule has 2 nitrogen and oxygen atoms in total. The van der Waals surface area contributed by atoms with E-state index in [1.54, 1.807) is 0 Å². The van der Waals surface area contributed by atoms with Crippen LogP contribution in [0, 0.1) is 0 Å². The largest absolute Gasteiger partial charge is 0.352 e. The lowest BCUT2D eigenvalue weighted by Gasteiger charge is -1.96. The van der Waals surface area contributed by atoms with Gasteiger partial charge in [-0.1, -0.05) is 48.5 Å². The number of aromatic nitrogens is 1. The van der Waals surface area contributed by atoms with Gasteiger partial charge in [0.25, 0.3) is 0 Å². The summed E-state index contributed by atoms with van der Waals surface area (Å²) >= 11 is 0. The standard InChI is InChI=1S/C15H11NO.ClH/c17-15(11-6-2-1-3-7-11)14-10-12-8-4-5-9-13(12)16-14;/h1-10,16H;1H. The highest BCUT2D eigenvalue weighted by molar-refractivity contribution is 6.10. The molecule has 0 aliphatic carbocycles. The monoisotopic (exact) mass is 257 g/mol. The Morgan fingerprint density at radius 2 is 1.56 bits per heavy atom. The third-order valence-electron chi connectivity index (χ3n) is 2.81. The Morgan fingerprint density at radius 1 is 0.889 bits per heavy atom. The van der Waals surface area contributed by atoms with Crippen LogP contribution < -0.4 is 0 Å². The van der Waals surface area contributed by atoms with Gasteiger partial charge in [-0.15, -0.1) is 12.4 Å². The van der Waals surface area contributed by atoms with Crippen LogP contribution >= 0.6 is 12.4 Å². The molecular formula is C15H12ClNO. The third kappa shape index (κ3) is 2.15. The van der Waals surface area contributed by atoms with Crippen LogP contribution in [0.1, 0.15) is 16.1 Å². The van der Waals surface area contributed by atoms with Crippen molar-refractivity contribution in [3.05, 3.63) is 71.9 Å². The number of hydrogen-bond acceptors (Lipinski definition) is 1. The van der Waals surface area contributed by atoms with Crippen LogP contribution in [-0.4, -0.2) is 10.8 Å². The zero-order valence-electron chi connectivity index (χ0n) is 9.59. The van der Waals surface area contributed by atoms with Crippen LogP contribution in [0.25, 0.3) is 10.9 Å². The second-order valence-electron chi connectivity index (χ2n) is 3.97. The van der Waals surface area contributed by atoms with Gasteiger partial charge < -0.3 is 4.98 Å². The Morgan fingerprint density at radius 3 is 2.28 bits per heavy atom. The number of aromatic amines is 1. The highest BCUT2D eigenvalue weighted by atomic mass is 35.5. The number of carbonyl (C=O) groups excluding carboxylic acids is 1. The summed E-state index contributed by atoms with van der Waals surface area (Å²) in [5.74, 6) is 0.0294. The molecule has 0 amide bonds. The minimum absolute atomic E-state index is 0. The molecule has 0 spiro atoms. The van der Waals surface area contributed by atoms with Crippen LogP contribution in [0.2, 0.25) is 0 Å². The quantitative estimate of drug-likeness (QED) is 0.696. The molecule has 0 aliphatic heterocycles. The van der Waals surface area contributed by atoms with Crippen LogP contribution in [0.15, 0.2) is 60.7 Å². The number of fused-ring (bicyclic) bond motifs is 1. The first-order valence-electron chi connectivity index (χ1n) is 5.52. The summed E-state index contributed by atoms with van der Waals surface area (Å²) in [4.78, 5) is 15.3. The van der Waals surface area contributed by atoms with Gasteiger partial charge in [0.1, 0.15) is 0 Å². The van der Waals surface area contributed by atoms with Gasteiger partial charge >= 0.3 is 0 Å². The minimum Gasteiger partial charge on any atom is -0.352 e. The molecule has 0 bridgehead atoms. The summed E-state index contributed by atoms with van der Waals surface area (Å²) in [5, 5.41) is 1.06. The van der Waals surface area contributed by atoms with E-state index in [9.17, 15) is 4.79 Å². The summed E-state index contributed by atoms with van der Waals surface area (Å²) in [6.45, 7) is 0. The smallest absolute Gasteiger partial charge is 0.209 e. The van der Waals surface area contributed by atoms with E-state index >= 15 is 0 Å². The van der Waals surface area contributed by atoms with Gasteiger partial charge in [-0.2, -0.15) is 0 Å². The fourth-order valence-corrected chi connectivity index (χ4v) is 1.94. The normalized spacial score (nSPS) is 10.0. The van der Waals surface area contributed by atoms with Gasteiger partial charge in [-0.3, -0.25) is 4.79 Å². The van der Waals surface area contributed by atoms with E-state index in [1.807, 2.05) is 60.7 Å². The van der Waals surface area contributed by atoms with Crippen LogP contribution in [0.4, 0.5) is 0 Å². The number of carbonyl (C=O) groups is 1. The Hall–Kier alpha value is -2.06. The highest BCUT2D eigenvalue weighted by Gasteiger charge is 2.10. The number of halogens is 1. The van der Waals surface area contributed by atoms with E-state index in [0.29, 0.717) is 11.3 Å². The molecule has 1 aromatic heterocycles. The summed E-state index contributed by atoms with van der Waals surface area (Å²) in [6, 6.07) is 19.1. The Kier molecular flexibility index (Phi) is 3.49. The molecule has 3 aromatic rings. The van der Waals surface area contributed by atoms with Crippen molar-refractivity contribution < 1.29 is 4.79 Å². The van der Waals surface area contributed by atoms with E-state index in [4.69, 9.17) is 0 Å². The molecule has 0 radical (unpaired) electrons. The van der Waals surface area contributed by atoms with Crippen molar-refractivity contribution in [1.29, 1.82) is 0 Å². The molecule has 0 unspecified atom stereocenters. The summed E-state index contributed by atoms with van der Waals surface area (Å²) in [5.41, 5.74) is 2.34. The number of benzene rings is 2. The zero-order valence-corrected chi connectivity index (χ0v) is 10.4. The van der Waals surface area contributed by atoms with Gasteiger partial charge in [0, 0.05) is 16.5 Å². The molecule has 0 saturated heterocycles. The molecule has 18 heavy (non-hydrogen) atoms. The van der Waals surface area contributed by atoms with E-state index in [0.717, 1.165) is 10.9 Å². The predicted octanol–water partition coefficient (Wildman–Crippen LogP) is 3.82. The van der Waals surface area contributed by atoms with E-state index in [2.05, 4.69) is 4.98 Å². The molecule has 1 N–H and O–H groups in total. The zero-order chi connectivity index (χ0) is 11.7. The molecule has 0 atom stereocenters. The van der Waals surface area contributed by atoms with Crippen molar-refractivity contribution in [3.8, 4) is 0 Å². The maximum Gasteiger partial charge on any atom is 0.209 e. The maximum atomic E-state index is 12.2. The van der Waals surface area contributed by atoms with E-state index in [-0.39, 0.29) is 18.2 Å². The number of ketones is 1. The predicted molar refractivity (Wildman–Crippen MR) is 75.4 cm³/mol. The lowest BCUT2D eigenvalue weighted by atomic mass is 10.1. The molecule has 3 heteroatoms. The van der Waals surface area contributed by atoms with E-state index < -0.39 is 0 Å². The first kappa shape index (κ1) is 12.4. The number of H-pyrrole nitrogens is 1. The summed E-state index contributed by atoms with van der Waals surface area (Å²) < 4.78 is 0. The van der Waals surface area contributed by atoms with Crippen molar-refractivity contribution in [3.63, 3.8) is 0 Å². The highest BCUT2D eigenvalue weighted by Crippen LogP contribution is 2.17. The molecule has 0 fully saturated rings. The second kappa shape index (κ2) is 5.07. The fourth-order valence-electron chi connectivity index (χ4n) is 1.94. The van der Waals surface area contributed by atoms with Gasteiger partial charge in [-0.25, -0.2) is 0 Å². The van der Waals surface area contributed by atoms with Gasteiger partial charge in [-0.05, 0) is 12.1 Å². The fraction of sp³-hybridized carbons (Fsp3) is 0. The Balaban J connectivity index is 0.00000120. The van der Waals surface area contributed by atoms with Crippen LogP contribution in [0.5, 0.6) is 0 Å². The van der Waals surface area contributed by atoms with Crippen molar-refractivity contribution in [2.75, 3.05) is 0 Å². The topological polar surface area (TPSA) is 32.9 Å². The average Bonchev–Trinajstić information content (AvgIpc) is 2.82. The first-order chi connectivity index (χ1) is 8.34. The van der Waals surface area contributed by atoms with Crippen molar-refractivity contribution >= 4 is 29.1 Å². The molecule has 1 heterocycles. The summed E-state index contributed by atoms with van der Waals surface area (Å²) in [6.07, 6.45) is 0.